The molecule has 1 saturated heterocycles. The molecule has 1 atom stereocenters. The summed E-state index contributed by atoms with van der Waals surface area (Å²) in [5.41, 5.74) is 2.42. The molecule has 1 aliphatic heterocycles. The summed E-state index contributed by atoms with van der Waals surface area (Å²) in [5.74, 6) is 0.870. The molecule has 2 heterocycles. The molecule has 1 aromatic carbocycles. The fourth-order valence-electron chi connectivity index (χ4n) is 3.13. The van der Waals surface area contributed by atoms with E-state index in [0.29, 0.717) is 6.04 Å². The number of anilines is 1. The number of rotatable bonds is 6. The van der Waals surface area contributed by atoms with E-state index in [1.807, 2.05) is 7.05 Å². The molecule has 0 aliphatic carbocycles. The molecule has 2 N–H and O–H groups in total. The molecule has 0 amide bonds. The fourth-order valence-corrected chi connectivity index (χ4v) is 4.44. The van der Waals surface area contributed by atoms with Gasteiger partial charge < -0.3 is 15.5 Å². The number of hydrogen-bond acceptors (Lipinski definition) is 4. The highest BCUT2D eigenvalue weighted by Gasteiger charge is 2.24. The van der Waals surface area contributed by atoms with Gasteiger partial charge in [-0.1, -0.05) is 19.1 Å². The third-order valence-electron chi connectivity index (χ3n) is 4.52. The third kappa shape index (κ3) is 4.98. The summed E-state index contributed by atoms with van der Waals surface area (Å²) in [6, 6.07) is 8.80. The molecule has 1 unspecified atom stereocenters. The topological polar surface area (TPSA) is 52.6 Å². The monoisotopic (exact) mass is 435 g/mol. The fraction of sp³-hybridized carbons (Fsp3) is 0.474. The Kier molecular flexibility index (Phi) is 6.91. The Morgan fingerprint density at radius 1 is 1.42 bits per heavy atom. The van der Waals surface area contributed by atoms with E-state index in [0.717, 1.165) is 55.0 Å². The van der Waals surface area contributed by atoms with E-state index in [2.05, 4.69) is 78.0 Å². The molecule has 3 rings (SSSR count). The number of aromatic nitrogens is 1. The van der Waals surface area contributed by atoms with Gasteiger partial charge in [-0.15, -0.1) is 11.3 Å². The van der Waals surface area contributed by atoms with Crippen molar-refractivity contribution < 1.29 is 0 Å². The lowest BCUT2D eigenvalue weighted by Crippen LogP contribution is -2.45. The molecule has 0 saturated carbocycles. The predicted octanol–water partition coefficient (Wildman–Crippen LogP) is 3.45. The van der Waals surface area contributed by atoms with Crippen molar-refractivity contribution in [3.8, 4) is 0 Å². The average Bonchev–Trinajstić information content (AvgIpc) is 3.30. The van der Waals surface area contributed by atoms with Gasteiger partial charge in [0.1, 0.15) is 0 Å². The number of nitrogens with one attached hydrogen (secondary N) is 2. The highest BCUT2D eigenvalue weighted by Crippen LogP contribution is 2.28. The lowest BCUT2D eigenvalue weighted by Gasteiger charge is -2.21. The number of nitrogens with zero attached hydrogens (tertiary/aromatic N) is 3. The van der Waals surface area contributed by atoms with Crippen LogP contribution in [0, 0.1) is 0 Å². The summed E-state index contributed by atoms with van der Waals surface area (Å²) < 4.78 is 1.15. The summed E-state index contributed by atoms with van der Waals surface area (Å²) in [6.07, 6.45) is 3.04. The van der Waals surface area contributed by atoms with Gasteiger partial charge in [0.05, 0.1) is 16.4 Å². The highest BCUT2D eigenvalue weighted by atomic mass is 79.9. The van der Waals surface area contributed by atoms with Gasteiger partial charge >= 0.3 is 0 Å². The molecule has 0 radical (unpaired) electrons. The Morgan fingerprint density at radius 3 is 3.00 bits per heavy atom. The standard InChI is InChI=1S/C19H26BrN5S/c1-3-18-23-15(13-26-18)8-10-22-19(21-2)24-14-9-11-25(12-14)17-7-5-4-6-16(17)20/h4-7,13-14H,3,8-12H2,1-2H3,(H2,21,22,24). The van der Waals surface area contributed by atoms with Crippen molar-refractivity contribution in [3.63, 3.8) is 0 Å². The maximum Gasteiger partial charge on any atom is 0.191 e. The second-order valence-corrected chi connectivity index (χ2v) is 8.16. The van der Waals surface area contributed by atoms with E-state index in [4.69, 9.17) is 0 Å². The zero-order valence-corrected chi connectivity index (χ0v) is 17.7. The Hall–Kier alpha value is -1.60. The zero-order valence-electron chi connectivity index (χ0n) is 15.3. The van der Waals surface area contributed by atoms with E-state index in [1.54, 1.807) is 11.3 Å². The van der Waals surface area contributed by atoms with Crippen LogP contribution in [-0.2, 0) is 12.8 Å². The van der Waals surface area contributed by atoms with Gasteiger partial charge in [0, 0.05) is 49.0 Å². The first-order valence-electron chi connectivity index (χ1n) is 9.09. The number of aliphatic imine (C=N–C) groups is 1. The van der Waals surface area contributed by atoms with Gasteiger partial charge in [0.25, 0.3) is 0 Å². The van der Waals surface area contributed by atoms with Crippen LogP contribution < -0.4 is 15.5 Å². The van der Waals surface area contributed by atoms with Crippen LogP contribution in [-0.4, -0.2) is 43.7 Å². The van der Waals surface area contributed by atoms with E-state index in [-0.39, 0.29) is 0 Å². The molecule has 26 heavy (non-hydrogen) atoms. The highest BCUT2D eigenvalue weighted by molar-refractivity contribution is 9.10. The van der Waals surface area contributed by atoms with Gasteiger partial charge in [-0.05, 0) is 40.9 Å². The lowest BCUT2D eigenvalue weighted by molar-refractivity contribution is 0.647. The van der Waals surface area contributed by atoms with Crippen molar-refractivity contribution in [2.24, 2.45) is 4.99 Å². The van der Waals surface area contributed by atoms with Crippen molar-refractivity contribution >= 4 is 38.9 Å². The Balaban J connectivity index is 1.46. The van der Waals surface area contributed by atoms with Crippen LogP contribution in [0.5, 0.6) is 0 Å². The number of hydrogen-bond donors (Lipinski definition) is 2. The SMILES string of the molecule is CCc1nc(CCNC(=NC)NC2CCN(c3ccccc3Br)C2)cs1. The van der Waals surface area contributed by atoms with E-state index in [9.17, 15) is 0 Å². The van der Waals surface area contributed by atoms with Crippen LogP contribution in [0.3, 0.4) is 0 Å². The normalized spacial score (nSPS) is 17.6. The maximum absolute atomic E-state index is 4.61. The minimum Gasteiger partial charge on any atom is -0.368 e. The van der Waals surface area contributed by atoms with Gasteiger partial charge in [0.2, 0.25) is 0 Å². The molecular weight excluding hydrogens is 410 g/mol. The van der Waals surface area contributed by atoms with Gasteiger partial charge in [-0.25, -0.2) is 4.98 Å². The van der Waals surface area contributed by atoms with Gasteiger partial charge in [0.15, 0.2) is 5.96 Å². The minimum atomic E-state index is 0.402. The smallest absolute Gasteiger partial charge is 0.191 e. The van der Waals surface area contributed by atoms with Crippen LogP contribution in [0.1, 0.15) is 24.0 Å². The van der Waals surface area contributed by atoms with Crippen molar-refractivity contribution in [2.45, 2.75) is 32.2 Å². The molecule has 5 nitrogen and oxygen atoms in total. The van der Waals surface area contributed by atoms with Gasteiger partial charge in [-0.3, -0.25) is 4.99 Å². The van der Waals surface area contributed by atoms with Crippen molar-refractivity contribution in [3.05, 3.63) is 44.8 Å². The molecule has 1 aliphatic rings. The summed E-state index contributed by atoms with van der Waals surface area (Å²) in [5, 5.41) is 10.3. The summed E-state index contributed by atoms with van der Waals surface area (Å²) in [7, 11) is 1.83. The molecule has 7 heteroatoms. The number of guanidine groups is 1. The lowest BCUT2D eigenvalue weighted by atomic mass is 10.2. The van der Waals surface area contributed by atoms with Crippen molar-refractivity contribution in [1.82, 2.24) is 15.6 Å². The van der Waals surface area contributed by atoms with Crippen LogP contribution in [0.15, 0.2) is 39.1 Å². The molecule has 1 aromatic heterocycles. The number of thiazole rings is 1. The zero-order chi connectivity index (χ0) is 18.4. The van der Waals surface area contributed by atoms with Crippen LogP contribution >= 0.6 is 27.3 Å². The predicted molar refractivity (Wildman–Crippen MR) is 114 cm³/mol. The Labute approximate surface area is 168 Å². The molecule has 140 valence electrons. The quantitative estimate of drug-likeness (QED) is 0.538. The second kappa shape index (κ2) is 9.37. The third-order valence-corrected chi connectivity index (χ3v) is 6.23. The maximum atomic E-state index is 4.61. The van der Waals surface area contributed by atoms with Crippen LogP contribution in [0.25, 0.3) is 0 Å². The largest absolute Gasteiger partial charge is 0.368 e. The van der Waals surface area contributed by atoms with Crippen LogP contribution in [0.2, 0.25) is 0 Å². The average molecular weight is 436 g/mol. The molecule has 1 fully saturated rings. The second-order valence-electron chi connectivity index (χ2n) is 6.36. The number of benzene rings is 1. The first kappa shape index (κ1) is 19.2. The summed E-state index contributed by atoms with van der Waals surface area (Å²) in [4.78, 5) is 11.4. The van der Waals surface area contributed by atoms with E-state index >= 15 is 0 Å². The van der Waals surface area contributed by atoms with Gasteiger partial charge in [-0.2, -0.15) is 0 Å². The van der Waals surface area contributed by atoms with Crippen LogP contribution in [0.4, 0.5) is 5.69 Å². The summed E-state index contributed by atoms with van der Waals surface area (Å²) in [6.45, 7) is 5.02. The Bertz CT molecular complexity index is 745. The first-order chi connectivity index (χ1) is 12.7. The van der Waals surface area contributed by atoms with E-state index < -0.39 is 0 Å². The molecular formula is C19H26BrN5S. The van der Waals surface area contributed by atoms with Crippen molar-refractivity contribution in [1.29, 1.82) is 0 Å². The minimum absolute atomic E-state index is 0.402. The molecule has 0 spiro atoms. The molecule has 0 bridgehead atoms. The Morgan fingerprint density at radius 2 is 2.27 bits per heavy atom. The van der Waals surface area contributed by atoms with E-state index in [1.165, 1.54) is 10.7 Å². The number of aryl methyl sites for hydroxylation is 1. The number of halogens is 1. The first-order valence-corrected chi connectivity index (χ1v) is 10.8. The number of para-hydroxylation sites is 1. The van der Waals surface area contributed by atoms with Crippen molar-refractivity contribution in [2.75, 3.05) is 31.6 Å². The molecule has 2 aromatic rings. The summed E-state index contributed by atoms with van der Waals surface area (Å²) >= 11 is 5.40.